The lowest BCUT2D eigenvalue weighted by molar-refractivity contribution is -0.138. The minimum absolute atomic E-state index is 0.139. The van der Waals surface area contributed by atoms with E-state index in [1.54, 1.807) is 10.8 Å². The molecule has 3 aromatic rings. The van der Waals surface area contributed by atoms with Gasteiger partial charge in [0.1, 0.15) is 12.6 Å². The fourth-order valence-electron chi connectivity index (χ4n) is 3.67. The number of aryl methyl sites for hydroxylation is 1. The second-order valence-electron chi connectivity index (χ2n) is 7.59. The summed E-state index contributed by atoms with van der Waals surface area (Å²) in [5.74, 6) is 0.814. The maximum absolute atomic E-state index is 13.0. The van der Waals surface area contributed by atoms with Gasteiger partial charge in [-0.3, -0.25) is 0 Å². The number of allylic oxidation sites excluding steroid dienone is 1. The molecule has 2 aromatic carbocycles. The van der Waals surface area contributed by atoms with Crippen molar-refractivity contribution < 1.29 is 9.53 Å². The number of aromatic nitrogens is 3. The third-order valence-electron chi connectivity index (χ3n) is 5.40. The van der Waals surface area contributed by atoms with E-state index in [-0.39, 0.29) is 6.61 Å². The van der Waals surface area contributed by atoms with E-state index in [0.29, 0.717) is 33.2 Å². The van der Waals surface area contributed by atoms with Crippen LogP contribution < -0.4 is 5.32 Å². The van der Waals surface area contributed by atoms with E-state index in [2.05, 4.69) is 35.9 Å². The van der Waals surface area contributed by atoms with Crippen molar-refractivity contribution in [3.05, 3.63) is 94.2 Å². The average molecular weight is 481 g/mol. The number of anilines is 1. The number of rotatable bonds is 8. The number of carbonyl (C=O) groups excluding carboxylic acids is 1. The van der Waals surface area contributed by atoms with Crippen LogP contribution in [0.15, 0.2) is 77.6 Å². The number of esters is 1. The number of nitrogens with one attached hydrogen (secondary N) is 1. The van der Waals surface area contributed by atoms with Crippen LogP contribution in [0, 0.1) is 0 Å². The summed E-state index contributed by atoms with van der Waals surface area (Å²) in [7, 11) is 0. The molecule has 0 spiro atoms. The maximum atomic E-state index is 13.0. The van der Waals surface area contributed by atoms with E-state index in [1.165, 1.54) is 17.3 Å². The Balaban J connectivity index is 1.69. The predicted molar refractivity (Wildman–Crippen MR) is 132 cm³/mol. The summed E-state index contributed by atoms with van der Waals surface area (Å²) in [6.07, 6.45) is 2.49. The van der Waals surface area contributed by atoms with Gasteiger partial charge in [-0.15, -0.1) is 5.10 Å². The van der Waals surface area contributed by atoms with E-state index < -0.39 is 12.0 Å². The number of hydrogen-bond donors (Lipinski definition) is 1. The predicted octanol–water partition coefficient (Wildman–Crippen LogP) is 5.80. The van der Waals surface area contributed by atoms with Crippen molar-refractivity contribution in [1.29, 1.82) is 0 Å². The summed E-state index contributed by atoms with van der Waals surface area (Å²) < 4.78 is 7.16. The molecular weight excluding hydrogens is 456 g/mol. The Hall–Kier alpha value is -3.03. The average Bonchev–Trinajstić information content (AvgIpc) is 3.23. The molecule has 4 rings (SSSR count). The highest BCUT2D eigenvalue weighted by Crippen LogP contribution is 2.37. The molecule has 0 aliphatic carbocycles. The van der Waals surface area contributed by atoms with Gasteiger partial charge in [0, 0.05) is 16.5 Å². The lowest BCUT2D eigenvalue weighted by atomic mass is 9.95. The molecule has 1 aliphatic heterocycles. The molecule has 33 heavy (non-hydrogen) atoms. The standard InChI is InChI=1S/C25H25ClN4O2S/c1-4-14-32-23(31)21-16(3)27-24-28-25(33-15-19-8-6-7-9-20(19)26)29-30(24)22(21)18-12-10-17(5-2)11-13-18/h4,6-13,22H,1,5,14-15H2,2-3H3,(H,27,28,29). The number of halogens is 1. The van der Waals surface area contributed by atoms with Gasteiger partial charge in [-0.1, -0.05) is 85.4 Å². The smallest absolute Gasteiger partial charge is 0.338 e. The van der Waals surface area contributed by atoms with Crippen LogP contribution in [-0.2, 0) is 21.7 Å². The van der Waals surface area contributed by atoms with Crippen LogP contribution in [0.1, 0.15) is 36.6 Å². The number of ether oxygens (including phenoxy) is 1. The zero-order valence-electron chi connectivity index (χ0n) is 18.5. The van der Waals surface area contributed by atoms with Crippen molar-refractivity contribution in [2.24, 2.45) is 0 Å². The van der Waals surface area contributed by atoms with Crippen molar-refractivity contribution in [3.63, 3.8) is 0 Å². The molecule has 8 heteroatoms. The van der Waals surface area contributed by atoms with Crippen molar-refractivity contribution in [3.8, 4) is 0 Å². The van der Waals surface area contributed by atoms with Crippen LogP contribution in [0.4, 0.5) is 5.95 Å². The van der Waals surface area contributed by atoms with Crippen LogP contribution in [0.5, 0.6) is 0 Å². The Morgan fingerprint density at radius 3 is 2.73 bits per heavy atom. The van der Waals surface area contributed by atoms with E-state index in [0.717, 1.165) is 17.5 Å². The van der Waals surface area contributed by atoms with Crippen LogP contribution in [0.3, 0.4) is 0 Å². The number of fused-ring (bicyclic) bond motifs is 1. The maximum Gasteiger partial charge on any atom is 0.338 e. The van der Waals surface area contributed by atoms with Crippen molar-refractivity contribution in [2.45, 2.75) is 37.2 Å². The molecule has 0 fully saturated rings. The number of hydrogen-bond acceptors (Lipinski definition) is 6. The van der Waals surface area contributed by atoms with E-state index in [4.69, 9.17) is 21.4 Å². The fourth-order valence-corrected chi connectivity index (χ4v) is 4.79. The van der Waals surface area contributed by atoms with Gasteiger partial charge in [0.2, 0.25) is 11.1 Å². The molecule has 1 aliphatic rings. The zero-order chi connectivity index (χ0) is 23.4. The first kappa shape index (κ1) is 23.1. The third kappa shape index (κ3) is 4.99. The molecule has 0 saturated heterocycles. The molecule has 1 aromatic heterocycles. The monoisotopic (exact) mass is 480 g/mol. The Labute approximate surface area is 202 Å². The minimum atomic E-state index is -0.452. The lowest BCUT2D eigenvalue weighted by Crippen LogP contribution is -2.29. The third-order valence-corrected chi connectivity index (χ3v) is 6.66. The summed E-state index contributed by atoms with van der Waals surface area (Å²) >= 11 is 7.79. The Kier molecular flexibility index (Phi) is 7.20. The topological polar surface area (TPSA) is 69.0 Å². The van der Waals surface area contributed by atoms with Crippen LogP contribution in [0.25, 0.3) is 0 Å². The second kappa shape index (κ2) is 10.3. The van der Waals surface area contributed by atoms with Crippen molar-refractivity contribution >= 4 is 35.3 Å². The summed E-state index contributed by atoms with van der Waals surface area (Å²) in [5, 5.41) is 9.28. The Morgan fingerprint density at radius 1 is 1.27 bits per heavy atom. The molecule has 0 saturated carbocycles. The SMILES string of the molecule is C=CCOC(=O)C1=C(C)Nc2nc(SCc3ccccc3Cl)nn2C1c1ccc(CC)cc1. The van der Waals surface area contributed by atoms with Crippen LogP contribution in [-0.4, -0.2) is 27.3 Å². The van der Waals surface area contributed by atoms with E-state index >= 15 is 0 Å². The van der Waals surface area contributed by atoms with Gasteiger partial charge in [0.15, 0.2) is 0 Å². The summed E-state index contributed by atoms with van der Waals surface area (Å²) in [5.41, 5.74) is 4.36. The Bertz CT molecular complexity index is 1200. The number of benzene rings is 2. The summed E-state index contributed by atoms with van der Waals surface area (Å²) in [4.78, 5) is 17.7. The fraction of sp³-hybridized carbons (Fsp3) is 0.240. The van der Waals surface area contributed by atoms with Gasteiger partial charge in [-0.05, 0) is 36.1 Å². The summed E-state index contributed by atoms with van der Waals surface area (Å²) in [6, 6.07) is 15.5. The summed E-state index contributed by atoms with van der Waals surface area (Å²) in [6.45, 7) is 7.74. The van der Waals surface area contributed by atoms with Crippen molar-refractivity contribution in [2.75, 3.05) is 11.9 Å². The molecule has 2 heterocycles. The van der Waals surface area contributed by atoms with Crippen LogP contribution in [0.2, 0.25) is 5.02 Å². The highest BCUT2D eigenvalue weighted by atomic mass is 35.5. The molecule has 0 amide bonds. The number of nitrogens with zero attached hydrogens (tertiary/aromatic N) is 3. The van der Waals surface area contributed by atoms with Gasteiger partial charge in [0.25, 0.3) is 0 Å². The first-order valence-corrected chi connectivity index (χ1v) is 12.1. The molecule has 6 nitrogen and oxygen atoms in total. The zero-order valence-corrected chi connectivity index (χ0v) is 20.1. The molecule has 170 valence electrons. The lowest BCUT2D eigenvalue weighted by Gasteiger charge is -2.28. The largest absolute Gasteiger partial charge is 0.458 e. The van der Waals surface area contributed by atoms with Gasteiger partial charge < -0.3 is 10.1 Å². The molecule has 1 atom stereocenters. The molecular formula is C25H25ClN4O2S. The molecule has 1 N–H and O–H groups in total. The van der Waals surface area contributed by atoms with Crippen molar-refractivity contribution in [1.82, 2.24) is 14.8 Å². The molecule has 0 radical (unpaired) electrons. The van der Waals surface area contributed by atoms with Gasteiger partial charge in [-0.25, -0.2) is 9.48 Å². The molecule has 1 unspecified atom stereocenters. The second-order valence-corrected chi connectivity index (χ2v) is 8.94. The number of thioether (sulfide) groups is 1. The first-order chi connectivity index (χ1) is 16.0. The molecule has 0 bridgehead atoms. The Morgan fingerprint density at radius 2 is 2.03 bits per heavy atom. The minimum Gasteiger partial charge on any atom is -0.458 e. The van der Waals surface area contributed by atoms with Gasteiger partial charge >= 0.3 is 5.97 Å². The van der Waals surface area contributed by atoms with Gasteiger partial charge in [-0.2, -0.15) is 4.98 Å². The number of carbonyl (C=O) groups is 1. The van der Waals surface area contributed by atoms with E-state index in [1.807, 2.05) is 43.3 Å². The van der Waals surface area contributed by atoms with Gasteiger partial charge in [0.05, 0.1) is 5.57 Å². The normalized spacial score (nSPS) is 15.1. The van der Waals surface area contributed by atoms with Crippen LogP contribution >= 0.6 is 23.4 Å². The highest BCUT2D eigenvalue weighted by molar-refractivity contribution is 7.98. The van der Waals surface area contributed by atoms with E-state index in [9.17, 15) is 4.79 Å². The first-order valence-electron chi connectivity index (χ1n) is 10.7. The quantitative estimate of drug-likeness (QED) is 0.249. The highest BCUT2D eigenvalue weighted by Gasteiger charge is 2.35.